The third-order valence-corrected chi connectivity index (χ3v) is 7.04. The zero-order chi connectivity index (χ0) is 26.3. The van der Waals surface area contributed by atoms with Crippen LogP contribution >= 0.6 is 23.2 Å². The Balaban J connectivity index is 2.50. The number of sulfonamides is 1. The summed E-state index contributed by atoms with van der Waals surface area (Å²) in [6.45, 7) is 3.02. The quantitative estimate of drug-likeness (QED) is 0.450. The van der Waals surface area contributed by atoms with E-state index < -0.39 is 46.1 Å². The molecule has 2 aromatic rings. The van der Waals surface area contributed by atoms with E-state index in [1.807, 2.05) is 6.92 Å². The number of amides is 2. The van der Waals surface area contributed by atoms with Crippen molar-refractivity contribution in [2.24, 2.45) is 0 Å². The van der Waals surface area contributed by atoms with Gasteiger partial charge in [0.25, 0.3) is 0 Å². The first kappa shape index (κ1) is 28.8. The van der Waals surface area contributed by atoms with E-state index in [0.29, 0.717) is 28.9 Å². The molecular formula is C23H27Cl2F2N3O4S. The Labute approximate surface area is 214 Å². The number of hydrogen-bond donors (Lipinski definition) is 1. The zero-order valence-electron chi connectivity index (χ0n) is 19.5. The summed E-state index contributed by atoms with van der Waals surface area (Å²) in [7, 11) is -4.09. The molecule has 7 nitrogen and oxygen atoms in total. The van der Waals surface area contributed by atoms with Crippen molar-refractivity contribution in [3.63, 3.8) is 0 Å². The smallest absolute Gasteiger partial charge is 0.244 e. The molecule has 0 spiro atoms. The molecular weight excluding hydrogens is 523 g/mol. The van der Waals surface area contributed by atoms with Crippen LogP contribution < -0.4 is 9.62 Å². The van der Waals surface area contributed by atoms with Gasteiger partial charge >= 0.3 is 0 Å². The summed E-state index contributed by atoms with van der Waals surface area (Å²) in [5.74, 6) is -3.62. The SMILES string of the molecule is CCCNC(=O)C(CC)N(Cc1c(Cl)cccc1Cl)C(=O)CN(c1ccc(F)c(F)c1)S(C)(=O)=O. The van der Waals surface area contributed by atoms with Crippen LogP contribution in [0.15, 0.2) is 36.4 Å². The van der Waals surface area contributed by atoms with Gasteiger partial charge in [0.1, 0.15) is 12.6 Å². The molecule has 0 saturated carbocycles. The van der Waals surface area contributed by atoms with Crippen LogP contribution in [0.2, 0.25) is 10.0 Å². The number of hydrogen-bond acceptors (Lipinski definition) is 4. The standard InChI is InChI=1S/C23H27Cl2F2N3O4S/c1-4-11-28-23(32)21(5-2)29(13-16-17(24)7-6-8-18(16)25)22(31)14-30(35(3,33)34)15-9-10-19(26)20(27)12-15/h6-10,12,21H,4-5,11,13-14H2,1-3H3,(H,28,32). The molecule has 0 saturated heterocycles. The minimum Gasteiger partial charge on any atom is -0.354 e. The van der Waals surface area contributed by atoms with Crippen LogP contribution in [-0.2, 0) is 26.2 Å². The van der Waals surface area contributed by atoms with E-state index >= 15 is 0 Å². The molecule has 192 valence electrons. The van der Waals surface area contributed by atoms with Gasteiger partial charge in [0.15, 0.2) is 11.6 Å². The molecule has 2 amide bonds. The number of nitrogens with zero attached hydrogens (tertiary/aromatic N) is 2. The number of halogens is 4. The molecule has 12 heteroatoms. The van der Waals surface area contributed by atoms with Gasteiger partial charge in [0.05, 0.1) is 11.9 Å². The van der Waals surface area contributed by atoms with Crippen molar-refractivity contribution in [2.75, 3.05) is 23.7 Å². The van der Waals surface area contributed by atoms with E-state index in [-0.39, 0.29) is 28.7 Å². The lowest BCUT2D eigenvalue weighted by atomic mass is 10.1. The van der Waals surface area contributed by atoms with Gasteiger partial charge in [-0.2, -0.15) is 0 Å². The molecule has 0 bridgehead atoms. The number of rotatable bonds is 11. The monoisotopic (exact) mass is 549 g/mol. The second kappa shape index (κ2) is 12.5. The van der Waals surface area contributed by atoms with Crippen molar-refractivity contribution in [3.05, 3.63) is 63.6 Å². The van der Waals surface area contributed by atoms with Gasteiger partial charge < -0.3 is 10.2 Å². The molecule has 0 fully saturated rings. The summed E-state index contributed by atoms with van der Waals surface area (Å²) < 4.78 is 52.9. The number of carbonyl (C=O) groups is 2. The summed E-state index contributed by atoms with van der Waals surface area (Å²) in [5, 5.41) is 3.27. The third-order valence-electron chi connectivity index (χ3n) is 5.20. The van der Waals surface area contributed by atoms with Crippen LogP contribution in [0.25, 0.3) is 0 Å². The number of anilines is 1. The molecule has 2 aromatic carbocycles. The first-order valence-electron chi connectivity index (χ1n) is 10.8. The van der Waals surface area contributed by atoms with E-state index in [1.54, 1.807) is 25.1 Å². The van der Waals surface area contributed by atoms with Crippen LogP contribution in [-0.4, -0.2) is 50.5 Å². The van der Waals surface area contributed by atoms with Crippen molar-refractivity contribution in [3.8, 4) is 0 Å². The Morgan fingerprint density at radius 2 is 1.69 bits per heavy atom. The highest BCUT2D eigenvalue weighted by atomic mass is 35.5. The predicted molar refractivity (Wildman–Crippen MR) is 133 cm³/mol. The molecule has 1 N–H and O–H groups in total. The zero-order valence-corrected chi connectivity index (χ0v) is 21.9. The van der Waals surface area contributed by atoms with Crippen LogP contribution in [0.4, 0.5) is 14.5 Å². The summed E-state index contributed by atoms with van der Waals surface area (Å²) in [6.07, 6.45) is 1.72. The lowest BCUT2D eigenvalue weighted by Crippen LogP contribution is -2.52. The van der Waals surface area contributed by atoms with Crippen molar-refractivity contribution < 1.29 is 26.8 Å². The van der Waals surface area contributed by atoms with Crippen molar-refractivity contribution in [1.29, 1.82) is 0 Å². The third kappa shape index (κ3) is 7.52. The summed E-state index contributed by atoms with van der Waals surface area (Å²) in [4.78, 5) is 27.6. The van der Waals surface area contributed by atoms with E-state index in [1.165, 1.54) is 4.90 Å². The average Bonchev–Trinajstić information content (AvgIpc) is 2.78. The number of nitrogens with one attached hydrogen (secondary N) is 1. The molecule has 35 heavy (non-hydrogen) atoms. The molecule has 0 aliphatic rings. The van der Waals surface area contributed by atoms with Crippen LogP contribution in [0.1, 0.15) is 32.3 Å². The fraction of sp³-hybridized carbons (Fsp3) is 0.391. The Bertz CT molecular complexity index is 1160. The van der Waals surface area contributed by atoms with Gasteiger partial charge in [-0.15, -0.1) is 0 Å². The molecule has 0 radical (unpaired) electrons. The van der Waals surface area contributed by atoms with Gasteiger partial charge in [-0.05, 0) is 37.1 Å². The van der Waals surface area contributed by atoms with E-state index in [2.05, 4.69) is 5.32 Å². The fourth-order valence-electron chi connectivity index (χ4n) is 3.39. The van der Waals surface area contributed by atoms with Crippen molar-refractivity contribution in [1.82, 2.24) is 10.2 Å². The van der Waals surface area contributed by atoms with Crippen LogP contribution in [0.3, 0.4) is 0 Å². The molecule has 0 aliphatic carbocycles. The minimum atomic E-state index is -4.09. The molecule has 0 aromatic heterocycles. The fourth-order valence-corrected chi connectivity index (χ4v) is 4.75. The molecule has 1 atom stereocenters. The van der Waals surface area contributed by atoms with Crippen molar-refractivity contribution in [2.45, 2.75) is 39.3 Å². The Morgan fingerprint density at radius 3 is 2.20 bits per heavy atom. The van der Waals surface area contributed by atoms with E-state index in [4.69, 9.17) is 23.2 Å². The summed E-state index contributed by atoms with van der Waals surface area (Å²) in [5.41, 5.74) is 0.142. The lowest BCUT2D eigenvalue weighted by Gasteiger charge is -2.33. The molecule has 1 unspecified atom stereocenters. The predicted octanol–water partition coefficient (Wildman–Crippen LogP) is 4.37. The Kier molecular flexibility index (Phi) is 10.3. The van der Waals surface area contributed by atoms with Crippen molar-refractivity contribution >= 4 is 50.7 Å². The van der Waals surface area contributed by atoms with E-state index in [0.717, 1.165) is 18.4 Å². The Morgan fingerprint density at radius 1 is 1.06 bits per heavy atom. The normalized spacial score (nSPS) is 12.2. The van der Waals surface area contributed by atoms with Gasteiger partial charge in [0.2, 0.25) is 21.8 Å². The Hall–Kier alpha value is -2.43. The van der Waals surface area contributed by atoms with E-state index in [9.17, 15) is 26.8 Å². The van der Waals surface area contributed by atoms with Gasteiger partial charge in [-0.3, -0.25) is 13.9 Å². The highest BCUT2D eigenvalue weighted by molar-refractivity contribution is 7.92. The average molecular weight is 550 g/mol. The van der Waals surface area contributed by atoms with Gasteiger partial charge in [0, 0.05) is 34.8 Å². The van der Waals surface area contributed by atoms with Gasteiger partial charge in [-0.25, -0.2) is 17.2 Å². The largest absolute Gasteiger partial charge is 0.354 e. The van der Waals surface area contributed by atoms with Crippen LogP contribution in [0.5, 0.6) is 0 Å². The maximum absolute atomic E-state index is 13.8. The summed E-state index contributed by atoms with van der Waals surface area (Å²) >= 11 is 12.6. The number of carbonyl (C=O) groups excluding carboxylic acids is 2. The topological polar surface area (TPSA) is 86.8 Å². The first-order chi connectivity index (χ1) is 16.4. The molecule has 2 rings (SSSR count). The highest BCUT2D eigenvalue weighted by Crippen LogP contribution is 2.28. The molecule has 0 heterocycles. The van der Waals surface area contributed by atoms with Crippen LogP contribution in [0, 0.1) is 11.6 Å². The second-order valence-corrected chi connectivity index (χ2v) is 10.5. The maximum atomic E-state index is 13.8. The van der Waals surface area contributed by atoms with Gasteiger partial charge in [-0.1, -0.05) is 43.1 Å². The molecule has 0 aliphatic heterocycles. The maximum Gasteiger partial charge on any atom is 0.244 e. The lowest BCUT2D eigenvalue weighted by molar-refractivity contribution is -0.140. The number of benzene rings is 2. The first-order valence-corrected chi connectivity index (χ1v) is 13.4. The summed E-state index contributed by atoms with van der Waals surface area (Å²) in [6, 6.07) is 6.31. The second-order valence-electron chi connectivity index (χ2n) is 7.80. The highest BCUT2D eigenvalue weighted by Gasteiger charge is 2.32. The minimum absolute atomic E-state index is 0.176.